The van der Waals surface area contributed by atoms with Crippen molar-refractivity contribution in [3.63, 3.8) is 0 Å². The Kier molecular flexibility index (Phi) is 4.37. The summed E-state index contributed by atoms with van der Waals surface area (Å²) in [6, 6.07) is 13.6. The Hall–Kier alpha value is -2.64. The van der Waals surface area contributed by atoms with Gasteiger partial charge in [0.2, 0.25) is 0 Å². The van der Waals surface area contributed by atoms with Gasteiger partial charge in [0.25, 0.3) is 0 Å². The van der Waals surface area contributed by atoms with E-state index in [1.165, 1.54) is 12.1 Å². The molecule has 2 aromatic rings. The molecule has 0 aromatic heterocycles. The molecular formula is C17H16N2O4S. The van der Waals surface area contributed by atoms with Gasteiger partial charge in [0.15, 0.2) is 0 Å². The van der Waals surface area contributed by atoms with Crippen LogP contribution in [-0.2, 0) is 15.0 Å². The van der Waals surface area contributed by atoms with Crippen LogP contribution in [0.4, 0.5) is 5.69 Å². The summed E-state index contributed by atoms with van der Waals surface area (Å²) in [7, 11) is -3.82. The molecule has 1 aliphatic heterocycles. The maximum Gasteiger partial charge on any atom is 0.302 e. The number of nitrogens with zero attached hydrogens (tertiary/aromatic N) is 1. The van der Waals surface area contributed by atoms with Crippen molar-refractivity contribution in [2.24, 2.45) is 0 Å². The molecule has 1 unspecified atom stereocenters. The van der Waals surface area contributed by atoms with Gasteiger partial charge in [0, 0.05) is 0 Å². The van der Waals surface area contributed by atoms with Crippen LogP contribution in [0.3, 0.4) is 0 Å². The van der Waals surface area contributed by atoms with Crippen LogP contribution in [0.1, 0.15) is 11.1 Å². The minimum atomic E-state index is -3.82. The molecule has 0 aliphatic carbocycles. The van der Waals surface area contributed by atoms with Gasteiger partial charge in [-0.2, -0.15) is 13.1 Å². The lowest BCUT2D eigenvalue weighted by atomic mass is 10.1. The van der Waals surface area contributed by atoms with Crippen molar-refractivity contribution in [2.45, 2.75) is 6.04 Å². The van der Waals surface area contributed by atoms with Gasteiger partial charge in [-0.05, 0) is 23.3 Å². The number of aldehydes is 1. The van der Waals surface area contributed by atoms with Crippen LogP contribution in [0.2, 0.25) is 0 Å². The predicted molar refractivity (Wildman–Crippen MR) is 92.7 cm³/mol. The SMILES string of the molecule is O=CC1CN(c2ccc(C=Cc3ccccc3)cc2O)S(=O)(=O)N1. The van der Waals surface area contributed by atoms with Crippen LogP contribution in [0.25, 0.3) is 12.2 Å². The first kappa shape index (κ1) is 16.2. The van der Waals surface area contributed by atoms with Crippen LogP contribution in [-0.4, -0.2) is 32.4 Å². The highest BCUT2D eigenvalue weighted by molar-refractivity contribution is 7.91. The first-order chi connectivity index (χ1) is 11.5. The van der Waals surface area contributed by atoms with Gasteiger partial charge < -0.3 is 9.90 Å². The molecule has 0 bridgehead atoms. The molecule has 7 heteroatoms. The van der Waals surface area contributed by atoms with Gasteiger partial charge in [-0.15, -0.1) is 0 Å². The molecule has 0 saturated carbocycles. The zero-order valence-corrected chi connectivity index (χ0v) is 13.5. The minimum Gasteiger partial charge on any atom is -0.506 e. The van der Waals surface area contributed by atoms with Gasteiger partial charge in [-0.3, -0.25) is 4.31 Å². The number of aromatic hydroxyl groups is 1. The van der Waals surface area contributed by atoms with Gasteiger partial charge in [-0.1, -0.05) is 48.6 Å². The summed E-state index contributed by atoms with van der Waals surface area (Å²) in [6.07, 6.45) is 4.25. The highest BCUT2D eigenvalue weighted by Crippen LogP contribution is 2.32. The van der Waals surface area contributed by atoms with Crippen LogP contribution >= 0.6 is 0 Å². The Bertz CT molecular complexity index is 879. The first-order valence-corrected chi connectivity index (χ1v) is 8.75. The number of phenols is 1. The zero-order chi connectivity index (χ0) is 17.2. The van der Waals surface area contributed by atoms with E-state index >= 15 is 0 Å². The third-order valence-electron chi connectivity index (χ3n) is 3.65. The second-order valence-corrected chi connectivity index (χ2v) is 7.02. The topological polar surface area (TPSA) is 86.7 Å². The summed E-state index contributed by atoms with van der Waals surface area (Å²) in [4.78, 5) is 10.8. The number of hydrogen-bond acceptors (Lipinski definition) is 4. The van der Waals surface area contributed by atoms with Gasteiger partial charge in [0.05, 0.1) is 18.3 Å². The van der Waals surface area contributed by atoms with E-state index in [0.29, 0.717) is 6.29 Å². The summed E-state index contributed by atoms with van der Waals surface area (Å²) in [5, 5.41) is 10.2. The van der Waals surface area contributed by atoms with Crippen molar-refractivity contribution in [1.29, 1.82) is 0 Å². The molecule has 1 aliphatic rings. The lowest BCUT2D eigenvalue weighted by Gasteiger charge is -2.17. The minimum absolute atomic E-state index is 0.0431. The number of carbonyl (C=O) groups excluding carboxylic acids is 1. The van der Waals surface area contributed by atoms with Crippen LogP contribution in [0, 0.1) is 0 Å². The maximum absolute atomic E-state index is 12.0. The molecule has 2 N–H and O–H groups in total. The number of nitrogens with one attached hydrogen (secondary N) is 1. The molecule has 0 spiro atoms. The maximum atomic E-state index is 12.0. The van der Waals surface area contributed by atoms with E-state index in [0.717, 1.165) is 15.4 Å². The lowest BCUT2D eigenvalue weighted by molar-refractivity contribution is -0.108. The first-order valence-electron chi connectivity index (χ1n) is 7.31. The molecule has 0 amide bonds. The normalized spacial score (nSPS) is 19.7. The Morgan fingerprint density at radius 2 is 1.79 bits per heavy atom. The van der Waals surface area contributed by atoms with Crippen molar-refractivity contribution >= 4 is 34.3 Å². The van der Waals surface area contributed by atoms with Gasteiger partial charge in [0.1, 0.15) is 12.0 Å². The number of benzene rings is 2. The highest BCUT2D eigenvalue weighted by Gasteiger charge is 2.36. The molecule has 24 heavy (non-hydrogen) atoms. The second-order valence-electron chi connectivity index (χ2n) is 5.39. The number of phenolic OH excluding ortho intramolecular Hbond substituents is 1. The largest absolute Gasteiger partial charge is 0.506 e. The average molecular weight is 344 g/mol. The molecule has 1 fully saturated rings. The third kappa shape index (κ3) is 3.32. The molecule has 1 heterocycles. The fourth-order valence-corrected chi connectivity index (χ4v) is 3.89. The number of carbonyl (C=O) groups is 1. The summed E-state index contributed by atoms with van der Waals surface area (Å²) >= 11 is 0. The fraction of sp³-hybridized carbons (Fsp3) is 0.118. The molecule has 1 atom stereocenters. The van der Waals surface area contributed by atoms with E-state index in [9.17, 15) is 18.3 Å². The van der Waals surface area contributed by atoms with Crippen LogP contribution in [0.5, 0.6) is 5.75 Å². The predicted octanol–water partition coefficient (Wildman–Crippen LogP) is 1.78. The standard InChI is InChI=1S/C17H16N2O4S/c20-12-15-11-19(24(22,23)18-15)16-9-8-14(10-17(16)21)7-6-13-4-2-1-3-5-13/h1-10,12,15,18,21H,11H2. The van der Waals surface area contributed by atoms with E-state index < -0.39 is 16.3 Å². The van der Waals surface area contributed by atoms with E-state index in [1.807, 2.05) is 42.5 Å². The van der Waals surface area contributed by atoms with E-state index in [1.54, 1.807) is 6.07 Å². The summed E-state index contributed by atoms with van der Waals surface area (Å²) in [5.74, 6) is -0.165. The summed E-state index contributed by atoms with van der Waals surface area (Å²) in [5.41, 5.74) is 1.89. The molecular weight excluding hydrogens is 328 g/mol. The second kappa shape index (κ2) is 6.46. The Balaban J connectivity index is 1.85. The van der Waals surface area contributed by atoms with Gasteiger partial charge in [-0.25, -0.2) is 0 Å². The Morgan fingerprint density at radius 1 is 1.08 bits per heavy atom. The van der Waals surface area contributed by atoms with Crippen molar-refractivity contribution in [3.05, 3.63) is 59.7 Å². The van der Waals surface area contributed by atoms with E-state index in [-0.39, 0.29) is 18.0 Å². The van der Waals surface area contributed by atoms with Crippen molar-refractivity contribution in [2.75, 3.05) is 10.8 Å². The smallest absolute Gasteiger partial charge is 0.302 e. The third-order valence-corrected chi connectivity index (χ3v) is 5.18. The average Bonchev–Trinajstić information content (AvgIpc) is 2.89. The van der Waals surface area contributed by atoms with Crippen LogP contribution in [0.15, 0.2) is 48.5 Å². The number of hydrogen-bond donors (Lipinski definition) is 2. The Morgan fingerprint density at radius 3 is 2.42 bits per heavy atom. The Labute approximate surface area is 140 Å². The fourth-order valence-electron chi connectivity index (χ4n) is 2.48. The van der Waals surface area contributed by atoms with E-state index in [4.69, 9.17) is 0 Å². The van der Waals surface area contributed by atoms with Crippen molar-refractivity contribution < 1.29 is 18.3 Å². The highest BCUT2D eigenvalue weighted by atomic mass is 32.2. The molecule has 2 aromatic carbocycles. The lowest BCUT2D eigenvalue weighted by Crippen LogP contribution is -2.30. The number of anilines is 1. The van der Waals surface area contributed by atoms with Crippen molar-refractivity contribution in [1.82, 2.24) is 4.72 Å². The quantitative estimate of drug-likeness (QED) is 0.654. The van der Waals surface area contributed by atoms with Crippen molar-refractivity contribution in [3.8, 4) is 5.75 Å². The zero-order valence-electron chi connectivity index (χ0n) is 12.7. The van der Waals surface area contributed by atoms with Gasteiger partial charge >= 0.3 is 10.2 Å². The molecule has 0 radical (unpaired) electrons. The molecule has 3 rings (SSSR count). The summed E-state index contributed by atoms with van der Waals surface area (Å²) < 4.78 is 27.2. The number of rotatable bonds is 4. The molecule has 1 saturated heterocycles. The van der Waals surface area contributed by atoms with Crippen LogP contribution < -0.4 is 9.03 Å². The molecule has 6 nitrogen and oxygen atoms in total. The monoisotopic (exact) mass is 344 g/mol. The molecule has 124 valence electrons. The summed E-state index contributed by atoms with van der Waals surface area (Å²) in [6.45, 7) is -0.0431. The van der Waals surface area contributed by atoms with E-state index in [2.05, 4.69) is 4.72 Å².